The topological polar surface area (TPSA) is 78.9 Å². The third kappa shape index (κ3) is 4.91. The van der Waals surface area contributed by atoms with E-state index in [0.717, 1.165) is 19.4 Å². The zero-order valence-corrected chi connectivity index (χ0v) is 10.9. The largest absolute Gasteiger partial charge is 0.481 e. The van der Waals surface area contributed by atoms with Crippen LogP contribution in [0.5, 0.6) is 0 Å². The summed E-state index contributed by atoms with van der Waals surface area (Å²) in [4.78, 5) is 24.0. The van der Waals surface area contributed by atoms with Gasteiger partial charge in [0.15, 0.2) is 0 Å². The molecule has 0 spiro atoms. The number of carboxylic acids is 1. The molecular formula is C12H22N2O4. The van der Waals surface area contributed by atoms with Crippen molar-refractivity contribution >= 4 is 12.0 Å². The maximum Gasteiger partial charge on any atom is 0.317 e. The quantitative estimate of drug-likeness (QED) is 0.665. The fourth-order valence-electron chi connectivity index (χ4n) is 1.87. The van der Waals surface area contributed by atoms with Crippen LogP contribution in [0.1, 0.15) is 26.2 Å². The van der Waals surface area contributed by atoms with Gasteiger partial charge in [0.25, 0.3) is 0 Å². The van der Waals surface area contributed by atoms with Crippen molar-refractivity contribution in [1.29, 1.82) is 0 Å². The summed E-state index contributed by atoms with van der Waals surface area (Å²) >= 11 is 0. The molecule has 0 aromatic heterocycles. The van der Waals surface area contributed by atoms with Crippen LogP contribution < -0.4 is 5.32 Å². The zero-order chi connectivity index (χ0) is 13.4. The SMILES string of the molecule is CCCOCCCNC(=O)N1CCC(C(=O)O)C1. The van der Waals surface area contributed by atoms with Crippen LogP contribution >= 0.6 is 0 Å². The Balaban J connectivity index is 2.09. The zero-order valence-electron chi connectivity index (χ0n) is 10.9. The van der Waals surface area contributed by atoms with Crippen LogP contribution in [0.25, 0.3) is 0 Å². The Kier molecular flexibility index (Phi) is 6.49. The van der Waals surface area contributed by atoms with Crippen LogP contribution in [-0.4, -0.2) is 54.9 Å². The summed E-state index contributed by atoms with van der Waals surface area (Å²) in [6.07, 6.45) is 2.32. The van der Waals surface area contributed by atoms with Gasteiger partial charge < -0.3 is 20.1 Å². The summed E-state index contributed by atoms with van der Waals surface area (Å²) in [6.45, 7) is 4.85. The van der Waals surface area contributed by atoms with Crippen molar-refractivity contribution in [3.05, 3.63) is 0 Å². The lowest BCUT2D eigenvalue weighted by molar-refractivity contribution is -0.141. The number of ether oxygens (including phenoxy) is 1. The predicted molar refractivity (Wildman–Crippen MR) is 66.4 cm³/mol. The highest BCUT2D eigenvalue weighted by molar-refractivity contribution is 5.77. The van der Waals surface area contributed by atoms with E-state index in [2.05, 4.69) is 5.32 Å². The van der Waals surface area contributed by atoms with Gasteiger partial charge in [0.1, 0.15) is 0 Å². The average molecular weight is 258 g/mol. The van der Waals surface area contributed by atoms with Gasteiger partial charge >= 0.3 is 12.0 Å². The Hall–Kier alpha value is -1.30. The van der Waals surface area contributed by atoms with Crippen molar-refractivity contribution in [2.75, 3.05) is 32.8 Å². The Labute approximate surface area is 107 Å². The molecule has 0 aromatic carbocycles. The van der Waals surface area contributed by atoms with Crippen LogP contribution in [-0.2, 0) is 9.53 Å². The van der Waals surface area contributed by atoms with E-state index < -0.39 is 11.9 Å². The molecule has 1 heterocycles. The molecule has 104 valence electrons. The summed E-state index contributed by atoms with van der Waals surface area (Å²) < 4.78 is 5.30. The van der Waals surface area contributed by atoms with Crippen LogP contribution in [0.2, 0.25) is 0 Å². The molecule has 0 bridgehead atoms. The van der Waals surface area contributed by atoms with Crippen molar-refractivity contribution in [1.82, 2.24) is 10.2 Å². The first-order chi connectivity index (χ1) is 8.65. The van der Waals surface area contributed by atoms with Crippen LogP contribution in [0.15, 0.2) is 0 Å². The molecule has 18 heavy (non-hydrogen) atoms. The second kappa shape index (κ2) is 7.92. The molecule has 0 aliphatic carbocycles. The fourth-order valence-corrected chi connectivity index (χ4v) is 1.87. The lowest BCUT2D eigenvalue weighted by atomic mass is 10.1. The van der Waals surface area contributed by atoms with Crippen LogP contribution in [0.3, 0.4) is 0 Å². The molecule has 0 radical (unpaired) electrons. The average Bonchev–Trinajstić information content (AvgIpc) is 2.83. The van der Waals surface area contributed by atoms with E-state index in [1.165, 1.54) is 0 Å². The van der Waals surface area contributed by atoms with Crippen molar-refractivity contribution in [3.8, 4) is 0 Å². The lowest BCUT2D eigenvalue weighted by Crippen LogP contribution is -2.39. The minimum absolute atomic E-state index is 0.172. The molecule has 1 aliphatic rings. The molecule has 6 nitrogen and oxygen atoms in total. The molecule has 2 amide bonds. The van der Waals surface area contributed by atoms with Crippen LogP contribution in [0, 0.1) is 5.92 Å². The molecular weight excluding hydrogens is 236 g/mol. The number of amides is 2. The molecule has 0 aromatic rings. The van der Waals surface area contributed by atoms with Gasteiger partial charge in [-0.25, -0.2) is 4.79 Å². The fraction of sp³-hybridized carbons (Fsp3) is 0.833. The number of rotatable bonds is 7. The highest BCUT2D eigenvalue weighted by Crippen LogP contribution is 2.15. The Morgan fingerprint density at radius 2 is 2.22 bits per heavy atom. The van der Waals surface area contributed by atoms with E-state index in [1.54, 1.807) is 4.90 Å². The number of carbonyl (C=O) groups is 2. The predicted octanol–water partition coefficient (Wildman–Crippen LogP) is 0.919. The van der Waals surface area contributed by atoms with Crippen molar-refractivity contribution in [2.45, 2.75) is 26.2 Å². The molecule has 1 atom stereocenters. The van der Waals surface area contributed by atoms with Crippen LogP contribution in [0.4, 0.5) is 4.79 Å². The highest BCUT2D eigenvalue weighted by Gasteiger charge is 2.30. The van der Waals surface area contributed by atoms with E-state index in [4.69, 9.17) is 9.84 Å². The second-order valence-electron chi connectivity index (χ2n) is 4.47. The minimum Gasteiger partial charge on any atom is -0.481 e. The normalized spacial score (nSPS) is 18.9. The number of hydrogen-bond acceptors (Lipinski definition) is 3. The minimum atomic E-state index is -0.821. The van der Waals surface area contributed by atoms with Gasteiger partial charge in [-0.3, -0.25) is 4.79 Å². The molecule has 1 aliphatic heterocycles. The molecule has 1 saturated heterocycles. The number of carboxylic acid groups (broad SMARTS) is 1. The monoisotopic (exact) mass is 258 g/mol. The summed E-state index contributed by atoms with van der Waals surface area (Å²) in [5, 5.41) is 11.6. The van der Waals surface area contributed by atoms with Gasteiger partial charge in [0, 0.05) is 32.8 Å². The standard InChI is InChI=1S/C12H22N2O4/c1-2-7-18-8-3-5-13-12(17)14-6-4-10(9-14)11(15)16/h10H,2-9H2,1H3,(H,13,17)(H,15,16). The maximum atomic E-state index is 11.7. The molecule has 2 N–H and O–H groups in total. The van der Waals surface area contributed by atoms with E-state index in [0.29, 0.717) is 32.7 Å². The Morgan fingerprint density at radius 1 is 1.44 bits per heavy atom. The van der Waals surface area contributed by atoms with Crippen molar-refractivity contribution in [2.24, 2.45) is 5.92 Å². The summed E-state index contributed by atoms with van der Waals surface area (Å²) in [6, 6.07) is -0.172. The highest BCUT2D eigenvalue weighted by atomic mass is 16.5. The van der Waals surface area contributed by atoms with E-state index >= 15 is 0 Å². The van der Waals surface area contributed by atoms with E-state index in [9.17, 15) is 9.59 Å². The first-order valence-electron chi connectivity index (χ1n) is 6.48. The smallest absolute Gasteiger partial charge is 0.317 e. The number of likely N-dealkylation sites (tertiary alicyclic amines) is 1. The molecule has 1 fully saturated rings. The van der Waals surface area contributed by atoms with Gasteiger partial charge in [-0.15, -0.1) is 0 Å². The Morgan fingerprint density at radius 3 is 2.83 bits per heavy atom. The first-order valence-corrected chi connectivity index (χ1v) is 6.48. The number of nitrogens with zero attached hydrogens (tertiary/aromatic N) is 1. The van der Waals surface area contributed by atoms with Gasteiger partial charge in [0.05, 0.1) is 5.92 Å². The van der Waals surface area contributed by atoms with Gasteiger partial charge in [0.2, 0.25) is 0 Å². The third-order valence-electron chi connectivity index (χ3n) is 2.91. The number of aliphatic carboxylic acids is 1. The molecule has 0 saturated carbocycles. The first kappa shape index (κ1) is 14.8. The number of nitrogens with one attached hydrogen (secondary N) is 1. The van der Waals surface area contributed by atoms with Crippen molar-refractivity contribution in [3.63, 3.8) is 0 Å². The summed E-state index contributed by atoms with van der Waals surface area (Å²) in [5.74, 6) is -1.23. The van der Waals surface area contributed by atoms with E-state index in [1.807, 2.05) is 6.92 Å². The number of urea groups is 1. The van der Waals surface area contributed by atoms with Gasteiger partial charge in [-0.05, 0) is 19.3 Å². The summed E-state index contributed by atoms with van der Waals surface area (Å²) in [5.41, 5.74) is 0. The van der Waals surface area contributed by atoms with Gasteiger partial charge in [-0.2, -0.15) is 0 Å². The third-order valence-corrected chi connectivity index (χ3v) is 2.91. The molecule has 1 unspecified atom stereocenters. The van der Waals surface area contributed by atoms with Gasteiger partial charge in [-0.1, -0.05) is 6.92 Å². The summed E-state index contributed by atoms with van der Waals surface area (Å²) in [7, 11) is 0. The molecule has 6 heteroatoms. The molecule has 1 rings (SSSR count). The van der Waals surface area contributed by atoms with E-state index in [-0.39, 0.29) is 6.03 Å². The second-order valence-corrected chi connectivity index (χ2v) is 4.47. The Bertz CT molecular complexity index is 283. The maximum absolute atomic E-state index is 11.7. The number of carbonyl (C=O) groups excluding carboxylic acids is 1. The van der Waals surface area contributed by atoms with Crippen molar-refractivity contribution < 1.29 is 19.4 Å². The number of hydrogen-bond donors (Lipinski definition) is 2. The lowest BCUT2D eigenvalue weighted by Gasteiger charge is -2.16.